The Morgan fingerprint density at radius 1 is 1.41 bits per heavy atom. The van der Waals surface area contributed by atoms with Crippen molar-refractivity contribution in [3.8, 4) is 5.75 Å². The first-order chi connectivity index (χ1) is 10.5. The average Bonchev–Trinajstić information content (AvgIpc) is 3.21. The number of nitrogens with one attached hydrogen (secondary N) is 1. The summed E-state index contributed by atoms with van der Waals surface area (Å²) in [6.45, 7) is 4.91. The number of nitrogens with zero attached hydrogens (tertiary/aromatic N) is 1. The number of hydrogen-bond donors (Lipinski definition) is 2. The number of ether oxygens (including phenoxy) is 1. The highest BCUT2D eigenvalue weighted by molar-refractivity contribution is 5.78. The van der Waals surface area contributed by atoms with Crippen LogP contribution in [0.1, 0.15) is 24.0 Å². The van der Waals surface area contributed by atoms with Crippen LogP contribution in [-0.2, 0) is 4.79 Å². The van der Waals surface area contributed by atoms with Crippen LogP contribution in [-0.4, -0.2) is 54.8 Å². The molecule has 0 heterocycles. The molecule has 1 unspecified atom stereocenters. The summed E-state index contributed by atoms with van der Waals surface area (Å²) >= 11 is 0. The van der Waals surface area contributed by atoms with E-state index < -0.39 is 6.10 Å². The number of hydrogen-bond acceptors (Lipinski definition) is 4. The fourth-order valence-electron chi connectivity index (χ4n) is 2.43. The van der Waals surface area contributed by atoms with Crippen LogP contribution in [0.25, 0.3) is 0 Å². The minimum absolute atomic E-state index is 0.0212. The van der Waals surface area contributed by atoms with Gasteiger partial charge in [-0.3, -0.25) is 9.69 Å². The Hall–Kier alpha value is -1.59. The third-order valence-electron chi connectivity index (χ3n) is 3.71. The van der Waals surface area contributed by atoms with Gasteiger partial charge in [0.2, 0.25) is 5.91 Å². The molecule has 1 amide bonds. The first kappa shape index (κ1) is 16.8. The van der Waals surface area contributed by atoms with Gasteiger partial charge in [0.15, 0.2) is 0 Å². The Morgan fingerprint density at radius 2 is 2.05 bits per heavy atom. The highest BCUT2D eigenvalue weighted by Crippen LogP contribution is 2.22. The second-order valence-corrected chi connectivity index (χ2v) is 6.22. The van der Waals surface area contributed by atoms with Crippen LogP contribution in [0.3, 0.4) is 0 Å². The van der Waals surface area contributed by atoms with Crippen molar-refractivity contribution < 1.29 is 14.6 Å². The third kappa shape index (κ3) is 5.31. The number of aliphatic hydroxyl groups is 1. The summed E-state index contributed by atoms with van der Waals surface area (Å²) in [4.78, 5) is 13.5. The van der Waals surface area contributed by atoms with E-state index in [2.05, 4.69) is 5.32 Å². The molecule has 1 aliphatic carbocycles. The lowest BCUT2D eigenvalue weighted by Crippen LogP contribution is -2.40. The normalized spacial score (nSPS) is 15.7. The standard InChI is InChI=1S/C17H26N2O3/c1-12-5-4-6-13(2)17(12)22-11-15(20)9-19(3)10-16(21)18-14-7-8-14/h4-6,14-15,20H,7-11H2,1-3H3,(H,18,21). The van der Waals surface area contributed by atoms with Crippen molar-refractivity contribution >= 4 is 5.91 Å². The Kier molecular flexibility index (Phi) is 5.80. The maximum absolute atomic E-state index is 11.7. The number of para-hydroxylation sites is 1. The lowest BCUT2D eigenvalue weighted by atomic mass is 10.1. The van der Waals surface area contributed by atoms with Crippen molar-refractivity contribution in [1.29, 1.82) is 0 Å². The van der Waals surface area contributed by atoms with E-state index in [1.54, 1.807) is 0 Å². The third-order valence-corrected chi connectivity index (χ3v) is 3.71. The molecular weight excluding hydrogens is 280 g/mol. The van der Waals surface area contributed by atoms with Gasteiger partial charge in [0.1, 0.15) is 18.5 Å². The number of benzene rings is 1. The molecule has 1 aromatic rings. The summed E-state index contributed by atoms with van der Waals surface area (Å²) < 4.78 is 5.73. The number of rotatable bonds is 8. The van der Waals surface area contributed by atoms with E-state index in [-0.39, 0.29) is 12.5 Å². The molecule has 5 heteroatoms. The molecule has 0 aromatic heterocycles. The van der Waals surface area contributed by atoms with Crippen LogP contribution >= 0.6 is 0 Å². The molecule has 0 bridgehead atoms. The molecule has 2 N–H and O–H groups in total. The van der Waals surface area contributed by atoms with Gasteiger partial charge in [-0.15, -0.1) is 0 Å². The molecule has 1 fully saturated rings. The van der Waals surface area contributed by atoms with Gasteiger partial charge in [0.25, 0.3) is 0 Å². The number of amides is 1. The quantitative estimate of drug-likeness (QED) is 0.759. The molecule has 1 atom stereocenters. The molecule has 0 spiro atoms. The van der Waals surface area contributed by atoms with E-state index in [0.29, 0.717) is 19.1 Å². The highest BCUT2D eigenvalue weighted by atomic mass is 16.5. The Balaban J connectivity index is 1.72. The maximum atomic E-state index is 11.7. The average molecular weight is 306 g/mol. The molecule has 1 aliphatic rings. The maximum Gasteiger partial charge on any atom is 0.234 e. The van der Waals surface area contributed by atoms with Crippen molar-refractivity contribution in [1.82, 2.24) is 10.2 Å². The molecular formula is C17H26N2O3. The largest absolute Gasteiger partial charge is 0.490 e. The van der Waals surface area contributed by atoms with Crippen LogP contribution in [0, 0.1) is 13.8 Å². The molecule has 0 radical (unpaired) electrons. The Morgan fingerprint density at radius 3 is 2.64 bits per heavy atom. The summed E-state index contributed by atoms with van der Waals surface area (Å²) in [5.74, 6) is 0.851. The summed E-state index contributed by atoms with van der Waals surface area (Å²) in [6.07, 6.45) is 1.54. The molecule has 122 valence electrons. The van der Waals surface area contributed by atoms with Crippen molar-refractivity contribution in [2.24, 2.45) is 0 Å². The SMILES string of the molecule is Cc1cccc(C)c1OCC(O)CN(C)CC(=O)NC1CC1. The number of likely N-dealkylation sites (N-methyl/N-ethyl adjacent to an activating group) is 1. The predicted octanol–water partition coefficient (Wildman–Crippen LogP) is 1.25. The first-order valence-corrected chi connectivity index (χ1v) is 7.80. The van der Waals surface area contributed by atoms with Crippen molar-refractivity contribution in [2.45, 2.75) is 38.8 Å². The fourth-order valence-corrected chi connectivity index (χ4v) is 2.43. The summed E-state index contributed by atoms with van der Waals surface area (Å²) in [5.41, 5.74) is 2.12. The number of carbonyl (C=O) groups excluding carboxylic acids is 1. The molecule has 1 aromatic carbocycles. The van der Waals surface area contributed by atoms with Crippen LogP contribution in [0.5, 0.6) is 5.75 Å². The molecule has 0 saturated heterocycles. The second kappa shape index (κ2) is 7.61. The van der Waals surface area contributed by atoms with Crippen LogP contribution in [0.4, 0.5) is 0 Å². The van der Waals surface area contributed by atoms with Crippen molar-refractivity contribution in [3.63, 3.8) is 0 Å². The molecule has 5 nitrogen and oxygen atoms in total. The molecule has 1 saturated carbocycles. The van der Waals surface area contributed by atoms with Gasteiger partial charge in [-0.1, -0.05) is 18.2 Å². The molecule has 0 aliphatic heterocycles. The van der Waals surface area contributed by atoms with Crippen molar-refractivity contribution in [3.05, 3.63) is 29.3 Å². The lowest BCUT2D eigenvalue weighted by Gasteiger charge is -2.21. The monoisotopic (exact) mass is 306 g/mol. The van der Waals surface area contributed by atoms with Crippen LogP contribution in [0.2, 0.25) is 0 Å². The Bertz CT molecular complexity index is 494. The summed E-state index contributed by atoms with van der Waals surface area (Å²) in [5, 5.41) is 13.0. The molecule has 2 rings (SSSR count). The van der Waals surface area contributed by atoms with E-state index in [0.717, 1.165) is 29.7 Å². The highest BCUT2D eigenvalue weighted by Gasteiger charge is 2.23. The topological polar surface area (TPSA) is 61.8 Å². The summed E-state index contributed by atoms with van der Waals surface area (Å²) in [7, 11) is 1.83. The van der Waals surface area contributed by atoms with Gasteiger partial charge in [0, 0.05) is 12.6 Å². The van der Waals surface area contributed by atoms with Crippen molar-refractivity contribution in [2.75, 3.05) is 26.7 Å². The first-order valence-electron chi connectivity index (χ1n) is 7.80. The second-order valence-electron chi connectivity index (χ2n) is 6.22. The minimum atomic E-state index is -0.627. The summed E-state index contributed by atoms with van der Waals surface area (Å²) in [6, 6.07) is 6.34. The number of carbonyl (C=O) groups is 1. The van der Waals surface area contributed by atoms with Crippen LogP contribution in [0.15, 0.2) is 18.2 Å². The number of aliphatic hydroxyl groups excluding tert-OH is 1. The zero-order valence-electron chi connectivity index (χ0n) is 13.6. The zero-order valence-corrected chi connectivity index (χ0v) is 13.6. The van der Waals surface area contributed by atoms with E-state index in [1.165, 1.54) is 0 Å². The van der Waals surface area contributed by atoms with Gasteiger partial charge in [-0.05, 0) is 44.9 Å². The van der Waals surface area contributed by atoms with Gasteiger partial charge in [-0.2, -0.15) is 0 Å². The zero-order chi connectivity index (χ0) is 16.1. The van der Waals surface area contributed by atoms with Gasteiger partial charge >= 0.3 is 0 Å². The smallest absolute Gasteiger partial charge is 0.234 e. The van der Waals surface area contributed by atoms with E-state index in [9.17, 15) is 9.90 Å². The molecule has 22 heavy (non-hydrogen) atoms. The van der Waals surface area contributed by atoms with E-state index in [4.69, 9.17) is 4.74 Å². The Labute approximate surface area is 132 Å². The van der Waals surface area contributed by atoms with Crippen LogP contribution < -0.4 is 10.1 Å². The lowest BCUT2D eigenvalue weighted by molar-refractivity contribution is -0.122. The van der Waals surface area contributed by atoms with Gasteiger partial charge in [0.05, 0.1) is 6.54 Å². The minimum Gasteiger partial charge on any atom is -0.490 e. The van der Waals surface area contributed by atoms with E-state index >= 15 is 0 Å². The predicted molar refractivity (Wildman–Crippen MR) is 86.1 cm³/mol. The van der Waals surface area contributed by atoms with Gasteiger partial charge < -0.3 is 15.2 Å². The fraction of sp³-hybridized carbons (Fsp3) is 0.588. The van der Waals surface area contributed by atoms with E-state index in [1.807, 2.05) is 44.0 Å². The number of aryl methyl sites for hydroxylation is 2. The van der Waals surface area contributed by atoms with Gasteiger partial charge in [-0.25, -0.2) is 0 Å².